The first-order chi connectivity index (χ1) is 8.58. The van der Waals surface area contributed by atoms with E-state index in [9.17, 15) is 4.79 Å². The lowest BCUT2D eigenvalue weighted by Gasteiger charge is -2.07. The van der Waals surface area contributed by atoms with Crippen LogP contribution in [0.3, 0.4) is 0 Å². The molecule has 2 aromatic rings. The van der Waals surface area contributed by atoms with E-state index in [1.54, 1.807) is 18.2 Å². The maximum absolute atomic E-state index is 10.9. The van der Waals surface area contributed by atoms with Gasteiger partial charge in [-0.05, 0) is 40.2 Å². The van der Waals surface area contributed by atoms with Crippen LogP contribution in [-0.2, 0) is 6.61 Å². The van der Waals surface area contributed by atoms with Crippen molar-refractivity contribution in [2.75, 3.05) is 0 Å². The molecule has 0 atom stereocenters. The summed E-state index contributed by atoms with van der Waals surface area (Å²) in [4.78, 5) is 10.9. The summed E-state index contributed by atoms with van der Waals surface area (Å²) in [5.41, 5.74) is 0.0973. The minimum atomic E-state index is -1.04. The van der Waals surface area contributed by atoms with Crippen LogP contribution in [0.4, 0.5) is 0 Å². The molecule has 0 radical (unpaired) electrons. The number of carboxylic acids is 1. The molecular formula is C12H8BrClO4. The smallest absolute Gasteiger partial charge is 0.339 e. The van der Waals surface area contributed by atoms with Crippen molar-refractivity contribution in [2.45, 2.75) is 6.61 Å². The van der Waals surface area contributed by atoms with Crippen LogP contribution in [0.25, 0.3) is 0 Å². The molecule has 0 unspecified atom stereocenters. The molecule has 0 saturated heterocycles. The Labute approximate surface area is 116 Å². The van der Waals surface area contributed by atoms with Crippen LogP contribution in [0.2, 0.25) is 5.02 Å². The van der Waals surface area contributed by atoms with Crippen LogP contribution in [0, 0.1) is 0 Å². The first kappa shape index (κ1) is 13.0. The van der Waals surface area contributed by atoms with E-state index in [-0.39, 0.29) is 17.9 Å². The number of halogens is 2. The van der Waals surface area contributed by atoms with Crippen LogP contribution < -0.4 is 4.74 Å². The van der Waals surface area contributed by atoms with Gasteiger partial charge in [-0.25, -0.2) is 4.79 Å². The molecule has 0 fully saturated rings. The summed E-state index contributed by atoms with van der Waals surface area (Å²) in [6, 6.07) is 6.45. The van der Waals surface area contributed by atoms with Crippen molar-refractivity contribution >= 4 is 33.5 Å². The summed E-state index contributed by atoms with van der Waals surface area (Å²) in [5, 5.41) is 9.48. The molecule has 0 spiro atoms. The molecule has 0 aliphatic carbocycles. The Balaban J connectivity index is 2.11. The molecule has 1 N–H and O–H groups in total. The second-order valence-corrected chi connectivity index (χ2v) is 4.72. The summed E-state index contributed by atoms with van der Waals surface area (Å²) in [6.07, 6.45) is 1.32. The third-order valence-corrected chi connectivity index (χ3v) is 3.08. The molecule has 18 heavy (non-hydrogen) atoms. The van der Waals surface area contributed by atoms with Crippen molar-refractivity contribution < 1.29 is 19.1 Å². The van der Waals surface area contributed by atoms with Gasteiger partial charge >= 0.3 is 5.97 Å². The van der Waals surface area contributed by atoms with Gasteiger partial charge in [-0.1, -0.05) is 11.6 Å². The lowest BCUT2D eigenvalue weighted by atomic mass is 10.2. The SMILES string of the molecule is O=C(O)c1ccoc1COc1ccc(Cl)cc1Br. The normalized spacial score (nSPS) is 10.3. The minimum Gasteiger partial charge on any atom is -0.484 e. The standard InChI is InChI=1S/C12H8BrClO4/c13-9-5-7(14)1-2-10(9)18-6-11-8(12(15)16)3-4-17-11/h1-5H,6H2,(H,15,16). The zero-order valence-corrected chi connectivity index (χ0v) is 11.4. The number of furan rings is 1. The van der Waals surface area contributed by atoms with Crippen molar-refractivity contribution in [3.05, 3.63) is 51.3 Å². The highest BCUT2D eigenvalue weighted by Gasteiger charge is 2.14. The Kier molecular flexibility index (Phi) is 3.93. The fourth-order valence-electron chi connectivity index (χ4n) is 1.38. The van der Waals surface area contributed by atoms with Gasteiger partial charge in [-0.2, -0.15) is 0 Å². The van der Waals surface area contributed by atoms with Crippen molar-refractivity contribution in [1.82, 2.24) is 0 Å². The summed E-state index contributed by atoms with van der Waals surface area (Å²) in [5.74, 6) is -0.214. The van der Waals surface area contributed by atoms with Crippen LogP contribution in [0.15, 0.2) is 39.4 Å². The lowest BCUT2D eigenvalue weighted by Crippen LogP contribution is -2.02. The number of aromatic carboxylic acids is 1. The van der Waals surface area contributed by atoms with Crippen molar-refractivity contribution in [3.63, 3.8) is 0 Å². The number of hydrogen-bond donors (Lipinski definition) is 1. The van der Waals surface area contributed by atoms with E-state index in [0.717, 1.165) is 0 Å². The van der Waals surface area contributed by atoms with Crippen LogP contribution in [-0.4, -0.2) is 11.1 Å². The first-order valence-electron chi connectivity index (χ1n) is 4.95. The largest absolute Gasteiger partial charge is 0.484 e. The Morgan fingerprint density at radius 3 is 2.89 bits per heavy atom. The summed E-state index contributed by atoms with van der Waals surface area (Å²) < 4.78 is 11.2. The molecule has 94 valence electrons. The molecule has 1 aromatic carbocycles. The van der Waals surface area contributed by atoms with E-state index >= 15 is 0 Å². The summed E-state index contributed by atoms with van der Waals surface area (Å²) in [6.45, 7) is 0.0366. The highest BCUT2D eigenvalue weighted by Crippen LogP contribution is 2.28. The predicted molar refractivity (Wildman–Crippen MR) is 69.2 cm³/mol. The second kappa shape index (κ2) is 5.46. The molecule has 0 amide bonds. The van der Waals surface area contributed by atoms with Gasteiger partial charge in [-0.3, -0.25) is 0 Å². The third kappa shape index (κ3) is 2.86. The Morgan fingerprint density at radius 2 is 2.22 bits per heavy atom. The minimum absolute atomic E-state index is 0.0366. The highest BCUT2D eigenvalue weighted by atomic mass is 79.9. The number of hydrogen-bond acceptors (Lipinski definition) is 3. The molecule has 0 bridgehead atoms. The number of rotatable bonds is 4. The second-order valence-electron chi connectivity index (χ2n) is 3.43. The molecule has 4 nitrogen and oxygen atoms in total. The van der Waals surface area contributed by atoms with Gasteiger partial charge in [0, 0.05) is 5.02 Å². The van der Waals surface area contributed by atoms with Crippen LogP contribution in [0.5, 0.6) is 5.75 Å². The average molecular weight is 332 g/mol. The first-order valence-corrected chi connectivity index (χ1v) is 6.12. The highest BCUT2D eigenvalue weighted by molar-refractivity contribution is 9.10. The van der Waals surface area contributed by atoms with Gasteiger partial charge in [0.25, 0.3) is 0 Å². The summed E-state index contributed by atoms with van der Waals surface area (Å²) in [7, 11) is 0. The molecular weight excluding hydrogens is 323 g/mol. The third-order valence-electron chi connectivity index (χ3n) is 2.23. The zero-order valence-electron chi connectivity index (χ0n) is 9.02. The van der Waals surface area contributed by atoms with Gasteiger partial charge in [0.05, 0.1) is 10.7 Å². The Morgan fingerprint density at radius 1 is 1.44 bits per heavy atom. The van der Waals surface area contributed by atoms with Crippen molar-refractivity contribution in [1.29, 1.82) is 0 Å². The number of benzene rings is 1. The van der Waals surface area contributed by atoms with Crippen molar-refractivity contribution in [2.24, 2.45) is 0 Å². The topological polar surface area (TPSA) is 59.7 Å². The summed E-state index contributed by atoms with van der Waals surface area (Å²) >= 11 is 9.10. The van der Waals surface area contributed by atoms with E-state index in [1.165, 1.54) is 12.3 Å². The Hall–Kier alpha value is -1.46. The number of carbonyl (C=O) groups is 1. The molecule has 0 aliphatic heterocycles. The fourth-order valence-corrected chi connectivity index (χ4v) is 2.18. The molecule has 0 saturated carbocycles. The lowest BCUT2D eigenvalue weighted by molar-refractivity contribution is 0.0692. The number of carboxylic acid groups (broad SMARTS) is 1. The maximum Gasteiger partial charge on any atom is 0.339 e. The molecule has 6 heteroatoms. The average Bonchev–Trinajstić information content (AvgIpc) is 2.76. The fraction of sp³-hybridized carbons (Fsp3) is 0.0833. The van der Waals surface area contributed by atoms with E-state index in [4.69, 9.17) is 25.9 Å². The van der Waals surface area contributed by atoms with Gasteiger partial charge in [-0.15, -0.1) is 0 Å². The van der Waals surface area contributed by atoms with Crippen LogP contribution in [0.1, 0.15) is 16.1 Å². The van der Waals surface area contributed by atoms with Gasteiger partial charge in [0.15, 0.2) is 5.76 Å². The predicted octanol–water partition coefficient (Wildman–Crippen LogP) is 3.97. The van der Waals surface area contributed by atoms with Gasteiger partial charge < -0.3 is 14.3 Å². The quantitative estimate of drug-likeness (QED) is 0.921. The molecule has 1 aromatic heterocycles. The van der Waals surface area contributed by atoms with E-state index in [0.29, 0.717) is 15.2 Å². The van der Waals surface area contributed by atoms with E-state index in [2.05, 4.69) is 15.9 Å². The van der Waals surface area contributed by atoms with Gasteiger partial charge in [0.1, 0.15) is 17.9 Å². The monoisotopic (exact) mass is 330 g/mol. The zero-order chi connectivity index (χ0) is 13.1. The molecule has 0 aliphatic rings. The molecule has 2 rings (SSSR count). The van der Waals surface area contributed by atoms with Crippen molar-refractivity contribution in [3.8, 4) is 5.75 Å². The Bertz CT molecular complexity index is 579. The number of ether oxygens (including phenoxy) is 1. The molecule has 1 heterocycles. The van der Waals surface area contributed by atoms with E-state index in [1.807, 2.05) is 0 Å². The van der Waals surface area contributed by atoms with E-state index < -0.39 is 5.97 Å². The van der Waals surface area contributed by atoms with Gasteiger partial charge in [0.2, 0.25) is 0 Å². The maximum atomic E-state index is 10.9. The van der Waals surface area contributed by atoms with Crippen LogP contribution >= 0.6 is 27.5 Å².